The number of nitriles is 1. The zero-order chi connectivity index (χ0) is 32.6. The van der Waals surface area contributed by atoms with E-state index >= 15 is 0 Å². The number of hydrogen-bond donors (Lipinski definition) is 2. The first kappa shape index (κ1) is 33.2. The molecule has 1 aliphatic rings. The molecule has 0 saturated heterocycles. The number of carbonyl (C=O) groups is 2. The highest BCUT2D eigenvalue weighted by Gasteiger charge is 2.38. The molecule has 0 fully saturated rings. The van der Waals surface area contributed by atoms with Gasteiger partial charge in [-0.3, -0.25) is 9.69 Å². The number of carboxylic acid groups (broad SMARTS) is 1. The minimum atomic E-state index is -5.08. The first-order valence-corrected chi connectivity index (χ1v) is 14.5. The van der Waals surface area contributed by atoms with Gasteiger partial charge >= 0.3 is 12.1 Å². The van der Waals surface area contributed by atoms with Crippen LogP contribution in [0.4, 0.5) is 13.2 Å². The van der Waals surface area contributed by atoms with E-state index in [0.717, 1.165) is 29.2 Å². The van der Waals surface area contributed by atoms with Gasteiger partial charge in [0.25, 0.3) is 0 Å². The second-order valence-electron chi connectivity index (χ2n) is 10.6. The van der Waals surface area contributed by atoms with E-state index in [4.69, 9.17) is 26.8 Å². The molecule has 8 nitrogen and oxygen atoms in total. The average Bonchev–Trinajstić information content (AvgIpc) is 3.35. The number of nitrogens with one attached hydrogen (secondary N) is 1. The van der Waals surface area contributed by atoms with Gasteiger partial charge in [0.15, 0.2) is 0 Å². The molecule has 0 aliphatic carbocycles. The summed E-state index contributed by atoms with van der Waals surface area (Å²) < 4.78 is 33.9. The van der Waals surface area contributed by atoms with E-state index < -0.39 is 12.1 Å². The molecular weight excluding hydrogens is 607 g/mol. The topological polar surface area (TPSA) is 111 Å². The number of aromatic nitrogens is 2. The Labute approximate surface area is 263 Å². The smallest absolute Gasteiger partial charge is 0.475 e. The number of imidazole rings is 1. The number of halogens is 4. The lowest BCUT2D eigenvalue weighted by molar-refractivity contribution is -0.192. The standard InChI is InChI=1S/C31H30ClN5O.C2HF3O2/c1-22-35-18-29(37(22)20-24-11-9-23(17-33)10-12-24)13-14-34-31(38)30-16-26-6-2-3-7-27(26)21-36(30)19-25-5-4-8-28(32)15-25;3-2(4,5)1(6)7/h2-12,15,18,30H,13-14,16,19-21H2,1H3,(H,34,38);(H,6,7)/t30-;/m0./s1. The van der Waals surface area contributed by atoms with Gasteiger partial charge in [0.1, 0.15) is 5.82 Å². The lowest BCUT2D eigenvalue weighted by Gasteiger charge is -2.36. The summed E-state index contributed by atoms with van der Waals surface area (Å²) in [6.07, 6.45) is -1.84. The highest BCUT2D eigenvalue weighted by molar-refractivity contribution is 6.30. The second kappa shape index (κ2) is 14.9. The number of benzene rings is 3. The summed E-state index contributed by atoms with van der Waals surface area (Å²) in [6.45, 7) is 4.56. The third-order valence-electron chi connectivity index (χ3n) is 7.41. The summed E-state index contributed by atoms with van der Waals surface area (Å²) >= 11 is 6.23. The van der Waals surface area contributed by atoms with Gasteiger partial charge in [0, 0.05) is 49.5 Å². The van der Waals surface area contributed by atoms with Crippen LogP contribution in [0.15, 0.2) is 79.0 Å². The fraction of sp³-hybridized carbons (Fsp3) is 0.273. The van der Waals surface area contributed by atoms with E-state index in [-0.39, 0.29) is 11.9 Å². The molecule has 2 heterocycles. The fourth-order valence-corrected chi connectivity index (χ4v) is 5.31. The van der Waals surface area contributed by atoms with Crippen molar-refractivity contribution in [2.75, 3.05) is 6.54 Å². The maximum absolute atomic E-state index is 13.5. The van der Waals surface area contributed by atoms with Crippen molar-refractivity contribution in [2.45, 2.75) is 51.6 Å². The summed E-state index contributed by atoms with van der Waals surface area (Å²) in [5, 5.41) is 20.1. The number of carbonyl (C=O) groups excluding carboxylic acids is 1. The van der Waals surface area contributed by atoms with Crippen LogP contribution in [0.1, 0.15) is 39.3 Å². The number of amides is 1. The highest BCUT2D eigenvalue weighted by atomic mass is 35.5. The molecule has 2 N–H and O–H groups in total. The Morgan fingerprint density at radius 1 is 1.04 bits per heavy atom. The molecule has 234 valence electrons. The lowest BCUT2D eigenvalue weighted by atomic mass is 9.93. The average molecular weight is 638 g/mol. The van der Waals surface area contributed by atoms with E-state index in [0.29, 0.717) is 43.1 Å². The van der Waals surface area contributed by atoms with E-state index in [1.807, 2.05) is 61.7 Å². The Morgan fingerprint density at radius 2 is 1.73 bits per heavy atom. The van der Waals surface area contributed by atoms with Crippen LogP contribution in [0.3, 0.4) is 0 Å². The molecule has 4 aromatic rings. The van der Waals surface area contributed by atoms with Crippen LogP contribution in [0.25, 0.3) is 0 Å². The first-order valence-electron chi connectivity index (χ1n) is 14.1. The molecule has 1 amide bonds. The molecule has 3 aromatic carbocycles. The van der Waals surface area contributed by atoms with Crippen LogP contribution in [0.5, 0.6) is 0 Å². The Hall–Kier alpha value is -4.66. The third kappa shape index (κ3) is 9.17. The van der Waals surface area contributed by atoms with Crippen molar-refractivity contribution in [2.24, 2.45) is 0 Å². The summed E-state index contributed by atoms with van der Waals surface area (Å²) in [6, 6.07) is 25.7. The van der Waals surface area contributed by atoms with Crippen LogP contribution in [0, 0.1) is 18.3 Å². The zero-order valence-corrected chi connectivity index (χ0v) is 25.1. The minimum absolute atomic E-state index is 0.0383. The molecule has 0 unspecified atom stereocenters. The number of alkyl halides is 3. The number of nitrogens with zero attached hydrogens (tertiary/aromatic N) is 4. The third-order valence-corrected chi connectivity index (χ3v) is 7.64. The molecule has 5 rings (SSSR count). The summed E-state index contributed by atoms with van der Waals surface area (Å²) in [4.78, 5) is 29.1. The Bertz CT molecular complexity index is 1680. The maximum Gasteiger partial charge on any atom is 0.490 e. The quantitative estimate of drug-likeness (QED) is 0.257. The van der Waals surface area contributed by atoms with Gasteiger partial charge in [0.2, 0.25) is 5.91 Å². The van der Waals surface area contributed by atoms with Gasteiger partial charge in [0.05, 0.1) is 17.7 Å². The Kier molecular flexibility index (Phi) is 11.0. The van der Waals surface area contributed by atoms with E-state index in [1.54, 1.807) is 0 Å². The normalized spacial score (nSPS) is 14.4. The second-order valence-corrected chi connectivity index (χ2v) is 11.0. The van der Waals surface area contributed by atoms with E-state index in [1.165, 1.54) is 11.1 Å². The van der Waals surface area contributed by atoms with Crippen molar-refractivity contribution in [3.05, 3.63) is 123 Å². The summed E-state index contributed by atoms with van der Waals surface area (Å²) in [5.41, 5.74) is 6.40. The minimum Gasteiger partial charge on any atom is -0.475 e. The number of aryl methyl sites for hydroxylation is 1. The molecule has 0 bridgehead atoms. The number of rotatable bonds is 8. The fourth-order valence-electron chi connectivity index (χ4n) is 5.10. The van der Waals surface area contributed by atoms with E-state index in [2.05, 4.69) is 50.1 Å². The molecular formula is C33H31ClF3N5O3. The van der Waals surface area contributed by atoms with Crippen molar-refractivity contribution >= 4 is 23.5 Å². The molecule has 0 radical (unpaired) electrons. The van der Waals surface area contributed by atoms with E-state index in [9.17, 15) is 18.0 Å². The van der Waals surface area contributed by atoms with Crippen LogP contribution in [-0.2, 0) is 42.1 Å². The van der Waals surface area contributed by atoms with Crippen molar-refractivity contribution < 1.29 is 27.9 Å². The monoisotopic (exact) mass is 637 g/mol. The van der Waals surface area contributed by atoms with Gasteiger partial charge in [-0.1, -0.05) is 60.1 Å². The van der Waals surface area contributed by atoms with Gasteiger partial charge in [-0.15, -0.1) is 0 Å². The first-order chi connectivity index (χ1) is 21.4. The molecule has 45 heavy (non-hydrogen) atoms. The predicted octanol–water partition coefficient (Wildman–Crippen LogP) is 5.68. The van der Waals surface area contributed by atoms with Crippen molar-refractivity contribution in [3.8, 4) is 6.07 Å². The molecule has 1 aromatic heterocycles. The van der Waals surface area contributed by atoms with Crippen LogP contribution < -0.4 is 5.32 Å². The Morgan fingerprint density at radius 3 is 2.38 bits per heavy atom. The molecule has 1 atom stereocenters. The summed E-state index contributed by atoms with van der Waals surface area (Å²) in [7, 11) is 0. The summed E-state index contributed by atoms with van der Waals surface area (Å²) in [5.74, 6) is -1.80. The zero-order valence-electron chi connectivity index (χ0n) is 24.4. The number of carboxylic acids is 1. The van der Waals surface area contributed by atoms with Gasteiger partial charge in [-0.05, 0) is 59.9 Å². The molecule has 0 saturated carbocycles. The Balaban J connectivity index is 0.000000591. The molecule has 1 aliphatic heterocycles. The SMILES string of the molecule is Cc1ncc(CCNC(=O)[C@@H]2Cc3ccccc3CN2Cc2cccc(Cl)c2)n1Cc1ccc(C#N)cc1.O=C(O)C(F)(F)F. The number of fused-ring (bicyclic) bond motifs is 1. The van der Waals surface area contributed by atoms with Crippen LogP contribution in [-0.4, -0.2) is 50.2 Å². The maximum atomic E-state index is 13.5. The van der Waals surface area contributed by atoms with Gasteiger partial charge < -0.3 is 15.0 Å². The highest BCUT2D eigenvalue weighted by Crippen LogP contribution is 2.26. The largest absolute Gasteiger partial charge is 0.490 e. The van der Waals surface area contributed by atoms with Crippen molar-refractivity contribution in [3.63, 3.8) is 0 Å². The van der Waals surface area contributed by atoms with Crippen LogP contribution >= 0.6 is 11.6 Å². The lowest BCUT2D eigenvalue weighted by Crippen LogP contribution is -2.50. The predicted molar refractivity (Wildman–Crippen MR) is 162 cm³/mol. The number of aliphatic carboxylic acids is 1. The van der Waals surface area contributed by atoms with Crippen LogP contribution in [0.2, 0.25) is 5.02 Å². The van der Waals surface area contributed by atoms with Crippen molar-refractivity contribution in [1.29, 1.82) is 5.26 Å². The van der Waals surface area contributed by atoms with Crippen molar-refractivity contribution in [1.82, 2.24) is 19.8 Å². The molecule has 12 heteroatoms. The van der Waals surface area contributed by atoms with Gasteiger partial charge in [-0.2, -0.15) is 18.4 Å². The van der Waals surface area contributed by atoms with Gasteiger partial charge in [-0.25, -0.2) is 9.78 Å². The number of hydrogen-bond acceptors (Lipinski definition) is 5. The molecule has 0 spiro atoms.